The second-order valence-corrected chi connectivity index (χ2v) is 3.27. The third kappa shape index (κ3) is 6.11. The van der Waals surface area contributed by atoms with Gasteiger partial charge in [-0.05, 0) is 0 Å². The first kappa shape index (κ1) is 9.98. The standard InChI is InChI=1S/C7H15NOS/c1-2-7(9)3-5-10-6-4-8/h2-6,8H2,1H3. The Morgan fingerprint density at radius 3 is 2.70 bits per heavy atom. The fourth-order valence-corrected chi connectivity index (χ4v) is 1.29. The van der Waals surface area contributed by atoms with Crippen LogP contribution in [0.2, 0.25) is 0 Å². The van der Waals surface area contributed by atoms with Crippen LogP contribution in [0.4, 0.5) is 0 Å². The Morgan fingerprint density at radius 2 is 2.20 bits per heavy atom. The molecule has 0 aromatic heterocycles. The molecule has 0 fully saturated rings. The smallest absolute Gasteiger partial charge is 0.133 e. The van der Waals surface area contributed by atoms with E-state index in [-0.39, 0.29) is 0 Å². The molecular formula is C7H15NOS. The molecule has 0 aromatic rings. The monoisotopic (exact) mass is 161 g/mol. The van der Waals surface area contributed by atoms with E-state index in [0.717, 1.165) is 11.5 Å². The maximum Gasteiger partial charge on any atom is 0.133 e. The molecule has 0 radical (unpaired) electrons. The van der Waals surface area contributed by atoms with Gasteiger partial charge < -0.3 is 5.73 Å². The van der Waals surface area contributed by atoms with E-state index in [1.54, 1.807) is 11.8 Å². The molecule has 10 heavy (non-hydrogen) atoms. The van der Waals surface area contributed by atoms with Gasteiger partial charge in [-0.15, -0.1) is 0 Å². The summed E-state index contributed by atoms with van der Waals surface area (Å²) in [4.78, 5) is 10.7. The predicted octanol–water partition coefficient (Wildman–Crippen LogP) is 1.05. The number of thioether (sulfide) groups is 1. The van der Waals surface area contributed by atoms with Crippen molar-refractivity contribution >= 4 is 17.5 Å². The Kier molecular flexibility index (Phi) is 7.08. The SMILES string of the molecule is CCC(=O)CCSCCN. The lowest BCUT2D eigenvalue weighted by Crippen LogP contribution is -2.03. The second kappa shape index (κ2) is 7.09. The molecule has 2 nitrogen and oxygen atoms in total. The number of Topliss-reactive ketones (excluding diaryl/α,β-unsaturated/α-hetero) is 1. The van der Waals surface area contributed by atoms with E-state index in [0.29, 0.717) is 25.2 Å². The van der Waals surface area contributed by atoms with Crippen molar-refractivity contribution in [3.05, 3.63) is 0 Å². The summed E-state index contributed by atoms with van der Waals surface area (Å²) < 4.78 is 0. The third-order valence-electron chi connectivity index (χ3n) is 1.18. The molecule has 0 aliphatic carbocycles. The van der Waals surface area contributed by atoms with Crippen molar-refractivity contribution in [2.75, 3.05) is 18.1 Å². The second-order valence-electron chi connectivity index (χ2n) is 2.04. The number of carbonyl (C=O) groups is 1. The molecule has 0 saturated carbocycles. The number of ketones is 1. The van der Waals surface area contributed by atoms with E-state index in [1.165, 1.54) is 0 Å². The number of carbonyl (C=O) groups excluding carboxylic acids is 1. The molecule has 0 saturated heterocycles. The third-order valence-corrected chi connectivity index (χ3v) is 2.20. The van der Waals surface area contributed by atoms with Gasteiger partial charge in [0.1, 0.15) is 5.78 Å². The average Bonchev–Trinajstić information content (AvgIpc) is 1.98. The van der Waals surface area contributed by atoms with Gasteiger partial charge in [0.05, 0.1) is 0 Å². The number of nitrogens with two attached hydrogens (primary N) is 1. The topological polar surface area (TPSA) is 43.1 Å². The maximum atomic E-state index is 10.7. The van der Waals surface area contributed by atoms with Crippen molar-refractivity contribution < 1.29 is 4.79 Å². The summed E-state index contributed by atoms with van der Waals surface area (Å²) >= 11 is 1.75. The van der Waals surface area contributed by atoms with Crippen LogP contribution >= 0.6 is 11.8 Å². The molecule has 0 amide bonds. The zero-order valence-corrected chi connectivity index (χ0v) is 7.25. The summed E-state index contributed by atoms with van der Waals surface area (Å²) in [6, 6.07) is 0. The summed E-state index contributed by atoms with van der Waals surface area (Å²) in [6.07, 6.45) is 1.38. The van der Waals surface area contributed by atoms with Gasteiger partial charge >= 0.3 is 0 Å². The van der Waals surface area contributed by atoms with Crippen molar-refractivity contribution in [3.63, 3.8) is 0 Å². The lowest BCUT2D eigenvalue weighted by atomic mass is 10.2. The molecule has 0 spiro atoms. The van der Waals surface area contributed by atoms with Crippen molar-refractivity contribution in [3.8, 4) is 0 Å². The number of rotatable bonds is 6. The van der Waals surface area contributed by atoms with Crippen molar-refractivity contribution in [2.45, 2.75) is 19.8 Å². The largest absolute Gasteiger partial charge is 0.330 e. The van der Waals surface area contributed by atoms with Crippen molar-refractivity contribution in [2.24, 2.45) is 5.73 Å². The number of hydrogen-bond donors (Lipinski definition) is 1. The van der Waals surface area contributed by atoms with E-state index in [1.807, 2.05) is 6.92 Å². The Bertz CT molecular complexity index is 95.6. The molecule has 0 heterocycles. The molecular weight excluding hydrogens is 146 g/mol. The first-order chi connectivity index (χ1) is 4.81. The molecule has 0 rings (SSSR count). The summed E-state index contributed by atoms with van der Waals surface area (Å²) in [5, 5.41) is 0. The molecule has 0 bridgehead atoms. The summed E-state index contributed by atoms with van der Waals surface area (Å²) in [7, 11) is 0. The Labute approximate surface area is 66.6 Å². The molecule has 0 unspecified atom stereocenters. The summed E-state index contributed by atoms with van der Waals surface area (Å²) in [6.45, 7) is 2.61. The molecule has 0 aliphatic rings. The molecule has 0 atom stereocenters. The van der Waals surface area contributed by atoms with Crippen LogP contribution in [0, 0.1) is 0 Å². The summed E-state index contributed by atoms with van der Waals surface area (Å²) in [5.41, 5.74) is 5.27. The van der Waals surface area contributed by atoms with Crippen molar-refractivity contribution in [1.29, 1.82) is 0 Å². The molecule has 2 N–H and O–H groups in total. The van der Waals surface area contributed by atoms with Crippen LogP contribution < -0.4 is 5.73 Å². The van der Waals surface area contributed by atoms with Gasteiger partial charge in [0.15, 0.2) is 0 Å². The minimum atomic E-state index is 0.351. The quantitative estimate of drug-likeness (QED) is 0.592. The number of hydrogen-bond acceptors (Lipinski definition) is 3. The minimum Gasteiger partial charge on any atom is -0.330 e. The fraction of sp³-hybridized carbons (Fsp3) is 0.857. The van der Waals surface area contributed by atoms with Gasteiger partial charge in [-0.1, -0.05) is 6.92 Å². The maximum absolute atomic E-state index is 10.7. The zero-order valence-electron chi connectivity index (χ0n) is 6.43. The van der Waals surface area contributed by atoms with Crippen LogP contribution in [-0.4, -0.2) is 23.8 Å². The van der Waals surface area contributed by atoms with Gasteiger partial charge in [0.2, 0.25) is 0 Å². The normalized spacial score (nSPS) is 9.80. The van der Waals surface area contributed by atoms with E-state index >= 15 is 0 Å². The van der Waals surface area contributed by atoms with Gasteiger partial charge in [-0.25, -0.2) is 0 Å². The highest BCUT2D eigenvalue weighted by Gasteiger charge is 1.96. The lowest BCUT2D eigenvalue weighted by Gasteiger charge is -1.96. The Balaban J connectivity index is 2.96. The van der Waals surface area contributed by atoms with Crippen molar-refractivity contribution in [1.82, 2.24) is 0 Å². The van der Waals surface area contributed by atoms with Crippen LogP contribution in [-0.2, 0) is 4.79 Å². The van der Waals surface area contributed by atoms with Crippen LogP contribution in [0.25, 0.3) is 0 Å². The predicted molar refractivity (Wildman–Crippen MR) is 46.3 cm³/mol. The van der Waals surface area contributed by atoms with E-state index < -0.39 is 0 Å². The Morgan fingerprint density at radius 1 is 1.50 bits per heavy atom. The van der Waals surface area contributed by atoms with Crippen LogP contribution in [0.5, 0.6) is 0 Å². The van der Waals surface area contributed by atoms with Crippen LogP contribution in [0.3, 0.4) is 0 Å². The van der Waals surface area contributed by atoms with E-state index in [4.69, 9.17) is 5.73 Å². The van der Waals surface area contributed by atoms with Gasteiger partial charge in [0, 0.05) is 30.9 Å². The molecule has 3 heteroatoms. The molecule has 60 valence electrons. The van der Waals surface area contributed by atoms with Gasteiger partial charge in [0.25, 0.3) is 0 Å². The average molecular weight is 161 g/mol. The lowest BCUT2D eigenvalue weighted by molar-refractivity contribution is -0.118. The highest BCUT2D eigenvalue weighted by Crippen LogP contribution is 2.01. The Hall–Kier alpha value is -0.0200. The van der Waals surface area contributed by atoms with Gasteiger partial charge in [-0.3, -0.25) is 4.79 Å². The first-order valence-corrected chi connectivity index (χ1v) is 4.76. The molecule has 0 aromatic carbocycles. The fourth-order valence-electron chi connectivity index (χ4n) is 0.548. The minimum absolute atomic E-state index is 0.351. The first-order valence-electron chi connectivity index (χ1n) is 3.60. The van der Waals surface area contributed by atoms with Crippen LogP contribution in [0.15, 0.2) is 0 Å². The zero-order chi connectivity index (χ0) is 7.82. The van der Waals surface area contributed by atoms with Gasteiger partial charge in [-0.2, -0.15) is 11.8 Å². The molecule has 0 aliphatic heterocycles. The summed E-state index contributed by atoms with van der Waals surface area (Å²) in [5.74, 6) is 2.26. The van der Waals surface area contributed by atoms with E-state index in [2.05, 4.69) is 0 Å². The highest BCUT2D eigenvalue weighted by molar-refractivity contribution is 7.99. The van der Waals surface area contributed by atoms with Crippen LogP contribution in [0.1, 0.15) is 19.8 Å². The highest BCUT2D eigenvalue weighted by atomic mass is 32.2. The van der Waals surface area contributed by atoms with E-state index in [9.17, 15) is 4.79 Å².